The summed E-state index contributed by atoms with van der Waals surface area (Å²) in [4.78, 5) is 24.4. The minimum atomic E-state index is -0.158. The molecule has 24 heavy (non-hydrogen) atoms. The van der Waals surface area contributed by atoms with E-state index in [1.807, 2.05) is 19.9 Å². The fourth-order valence-electron chi connectivity index (χ4n) is 2.85. The summed E-state index contributed by atoms with van der Waals surface area (Å²) in [5.41, 5.74) is 1.09. The SMILES string of the molecule is CC(C)NC(=O)c1ccccc1NC(=O)CCC1CCNCC1.Cl. The Bertz CT molecular complexity index is 543. The van der Waals surface area contributed by atoms with Gasteiger partial charge in [-0.2, -0.15) is 0 Å². The first-order valence-electron chi connectivity index (χ1n) is 8.46. The zero-order valence-corrected chi connectivity index (χ0v) is 15.2. The van der Waals surface area contributed by atoms with Crippen LogP contribution in [0, 0.1) is 5.92 Å². The highest BCUT2D eigenvalue weighted by atomic mass is 35.5. The third-order valence-electron chi connectivity index (χ3n) is 4.10. The summed E-state index contributed by atoms with van der Waals surface area (Å²) in [6, 6.07) is 7.21. The first-order chi connectivity index (χ1) is 11.1. The van der Waals surface area contributed by atoms with Crippen LogP contribution in [-0.4, -0.2) is 30.9 Å². The smallest absolute Gasteiger partial charge is 0.253 e. The Morgan fingerprint density at radius 3 is 2.54 bits per heavy atom. The molecular formula is C18H28ClN3O2. The molecule has 1 aromatic carbocycles. The number of anilines is 1. The summed E-state index contributed by atoms with van der Waals surface area (Å²) in [5.74, 6) is 0.448. The van der Waals surface area contributed by atoms with Gasteiger partial charge in [-0.3, -0.25) is 9.59 Å². The molecule has 0 atom stereocenters. The Morgan fingerprint density at radius 1 is 1.21 bits per heavy atom. The summed E-state index contributed by atoms with van der Waals surface area (Å²) in [6.07, 6.45) is 3.69. The maximum atomic E-state index is 12.2. The van der Waals surface area contributed by atoms with Gasteiger partial charge in [-0.05, 0) is 64.3 Å². The molecule has 1 aliphatic rings. The molecule has 0 radical (unpaired) electrons. The van der Waals surface area contributed by atoms with Crippen LogP contribution >= 0.6 is 12.4 Å². The zero-order valence-electron chi connectivity index (χ0n) is 14.4. The number of nitrogens with one attached hydrogen (secondary N) is 3. The van der Waals surface area contributed by atoms with Crippen molar-refractivity contribution in [2.45, 2.75) is 45.6 Å². The van der Waals surface area contributed by atoms with Gasteiger partial charge in [-0.15, -0.1) is 12.4 Å². The molecule has 134 valence electrons. The van der Waals surface area contributed by atoms with Crippen LogP contribution in [0.15, 0.2) is 24.3 Å². The maximum Gasteiger partial charge on any atom is 0.253 e. The topological polar surface area (TPSA) is 70.2 Å². The molecule has 0 spiro atoms. The lowest BCUT2D eigenvalue weighted by Gasteiger charge is -2.22. The number of benzene rings is 1. The quantitative estimate of drug-likeness (QED) is 0.736. The fraction of sp³-hybridized carbons (Fsp3) is 0.556. The molecule has 0 aromatic heterocycles. The van der Waals surface area contributed by atoms with Crippen molar-refractivity contribution in [2.24, 2.45) is 5.92 Å². The standard InChI is InChI=1S/C18H27N3O2.ClH/c1-13(2)20-18(23)15-5-3-4-6-16(15)21-17(22)8-7-14-9-11-19-12-10-14;/h3-6,13-14,19H,7-12H2,1-2H3,(H,20,23)(H,21,22);1H. The van der Waals surface area contributed by atoms with E-state index in [0.29, 0.717) is 23.6 Å². The molecule has 1 aliphatic heterocycles. The molecule has 1 aromatic rings. The Balaban J connectivity index is 0.00000288. The molecule has 1 fully saturated rings. The van der Waals surface area contributed by atoms with Crippen molar-refractivity contribution in [3.8, 4) is 0 Å². The van der Waals surface area contributed by atoms with Gasteiger partial charge >= 0.3 is 0 Å². The van der Waals surface area contributed by atoms with Gasteiger partial charge in [0.15, 0.2) is 0 Å². The van der Waals surface area contributed by atoms with E-state index in [0.717, 1.165) is 32.4 Å². The number of amides is 2. The lowest BCUT2D eigenvalue weighted by atomic mass is 9.93. The molecule has 0 unspecified atom stereocenters. The average Bonchev–Trinajstić information content (AvgIpc) is 2.54. The highest BCUT2D eigenvalue weighted by molar-refractivity contribution is 6.03. The third kappa shape index (κ3) is 6.49. The van der Waals surface area contributed by atoms with Gasteiger partial charge in [0.2, 0.25) is 5.91 Å². The number of halogens is 1. The third-order valence-corrected chi connectivity index (χ3v) is 4.10. The lowest BCUT2D eigenvalue weighted by molar-refractivity contribution is -0.116. The molecule has 3 N–H and O–H groups in total. The molecule has 0 aliphatic carbocycles. The number of hydrogen-bond acceptors (Lipinski definition) is 3. The van der Waals surface area contributed by atoms with Crippen LogP contribution in [0.5, 0.6) is 0 Å². The van der Waals surface area contributed by atoms with Crippen molar-refractivity contribution in [3.05, 3.63) is 29.8 Å². The van der Waals surface area contributed by atoms with Crippen LogP contribution in [0.4, 0.5) is 5.69 Å². The van der Waals surface area contributed by atoms with Crippen molar-refractivity contribution in [2.75, 3.05) is 18.4 Å². The number of rotatable bonds is 6. The van der Waals surface area contributed by atoms with E-state index in [4.69, 9.17) is 0 Å². The first kappa shape index (κ1) is 20.5. The summed E-state index contributed by atoms with van der Waals surface area (Å²) in [5, 5.41) is 9.08. The highest BCUT2D eigenvalue weighted by Crippen LogP contribution is 2.19. The molecule has 0 saturated carbocycles. The Kier molecular flexibility index (Phi) is 8.79. The molecule has 2 amide bonds. The van der Waals surface area contributed by atoms with Gasteiger partial charge in [-0.1, -0.05) is 12.1 Å². The second-order valence-electron chi connectivity index (χ2n) is 6.45. The minimum Gasteiger partial charge on any atom is -0.350 e. The van der Waals surface area contributed by atoms with Gasteiger partial charge in [0.25, 0.3) is 5.91 Å². The molecule has 2 rings (SSSR count). The van der Waals surface area contributed by atoms with E-state index in [2.05, 4.69) is 16.0 Å². The van der Waals surface area contributed by atoms with Crippen LogP contribution < -0.4 is 16.0 Å². The largest absolute Gasteiger partial charge is 0.350 e. The van der Waals surface area contributed by atoms with Crippen molar-refractivity contribution in [1.82, 2.24) is 10.6 Å². The minimum absolute atomic E-state index is 0. The second kappa shape index (κ2) is 10.3. The molecular weight excluding hydrogens is 326 g/mol. The van der Waals surface area contributed by atoms with Gasteiger partial charge in [0.05, 0.1) is 11.3 Å². The molecule has 0 bridgehead atoms. The van der Waals surface area contributed by atoms with Gasteiger partial charge < -0.3 is 16.0 Å². The number of hydrogen-bond donors (Lipinski definition) is 3. The Labute approximate surface area is 150 Å². The van der Waals surface area contributed by atoms with Gasteiger partial charge in [-0.25, -0.2) is 0 Å². The van der Waals surface area contributed by atoms with Gasteiger partial charge in [0.1, 0.15) is 0 Å². The zero-order chi connectivity index (χ0) is 16.7. The van der Waals surface area contributed by atoms with E-state index in [1.54, 1.807) is 18.2 Å². The predicted molar refractivity (Wildman–Crippen MR) is 99.7 cm³/mol. The Morgan fingerprint density at radius 2 is 1.88 bits per heavy atom. The summed E-state index contributed by atoms with van der Waals surface area (Å²) in [6.45, 7) is 5.92. The number of carbonyl (C=O) groups excluding carboxylic acids is 2. The van der Waals surface area contributed by atoms with Crippen molar-refractivity contribution >= 4 is 29.9 Å². The van der Waals surface area contributed by atoms with E-state index in [-0.39, 0.29) is 30.3 Å². The van der Waals surface area contributed by atoms with E-state index in [1.165, 1.54) is 0 Å². The fourth-order valence-corrected chi connectivity index (χ4v) is 2.85. The second-order valence-corrected chi connectivity index (χ2v) is 6.45. The van der Waals surface area contributed by atoms with E-state index in [9.17, 15) is 9.59 Å². The number of para-hydroxylation sites is 1. The molecule has 5 nitrogen and oxygen atoms in total. The molecule has 6 heteroatoms. The van der Waals surface area contributed by atoms with Crippen molar-refractivity contribution in [3.63, 3.8) is 0 Å². The summed E-state index contributed by atoms with van der Waals surface area (Å²) < 4.78 is 0. The lowest BCUT2D eigenvalue weighted by Crippen LogP contribution is -2.31. The summed E-state index contributed by atoms with van der Waals surface area (Å²) in [7, 11) is 0. The van der Waals surface area contributed by atoms with Crippen molar-refractivity contribution in [1.29, 1.82) is 0 Å². The van der Waals surface area contributed by atoms with Crippen LogP contribution in [0.1, 0.15) is 49.9 Å². The average molecular weight is 354 g/mol. The Hall–Kier alpha value is -1.59. The summed E-state index contributed by atoms with van der Waals surface area (Å²) >= 11 is 0. The molecule has 1 heterocycles. The molecule has 1 saturated heterocycles. The van der Waals surface area contributed by atoms with E-state index >= 15 is 0 Å². The number of carbonyl (C=O) groups is 2. The van der Waals surface area contributed by atoms with Crippen LogP contribution in [0.3, 0.4) is 0 Å². The maximum absolute atomic E-state index is 12.2. The predicted octanol–water partition coefficient (Wildman–Crippen LogP) is 2.96. The van der Waals surface area contributed by atoms with Crippen LogP contribution in [0.2, 0.25) is 0 Å². The van der Waals surface area contributed by atoms with Crippen molar-refractivity contribution < 1.29 is 9.59 Å². The van der Waals surface area contributed by atoms with E-state index < -0.39 is 0 Å². The van der Waals surface area contributed by atoms with Crippen LogP contribution in [0.25, 0.3) is 0 Å². The monoisotopic (exact) mass is 353 g/mol. The first-order valence-corrected chi connectivity index (χ1v) is 8.46. The normalized spacial score (nSPS) is 14.8. The number of piperidine rings is 1. The van der Waals surface area contributed by atoms with Gasteiger partial charge in [0, 0.05) is 12.5 Å². The highest BCUT2D eigenvalue weighted by Gasteiger charge is 2.16. The van der Waals surface area contributed by atoms with Crippen LogP contribution in [-0.2, 0) is 4.79 Å².